The largest absolute Gasteiger partial charge is 0.479 e. The van der Waals surface area contributed by atoms with Gasteiger partial charge in [0.05, 0.1) is 5.69 Å². The summed E-state index contributed by atoms with van der Waals surface area (Å²) in [5, 5.41) is 5.85. The van der Waals surface area contributed by atoms with Crippen LogP contribution in [0.3, 0.4) is 0 Å². The summed E-state index contributed by atoms with van der Waals surface area (Å²) in [6.07, 6.45) is 7.57. The summed E-state index contributed by atoms with van der Waals surface area (Å²) in [5.41, 5.74) is 1.73. The van der Waals surface area contributed by atoms with Gasteiger partial charge < -0.3 is 15.4 Å². The van der Waals surface area contributed by atoms with Crippen molar-refractivity contribution in [2.75, 3.05) is 10.6 Å². The maximum Gasteiger partial charge on any atom is 0.265 e. The highest BCUT2D eigenvalue weighted by molar-refractivity contribution is 5.99. The Bertz CT molecular complexity index is 781. The molecular formula is C19H20N2O3. The number of carbonyl (C=O) groups excluding carboxylic acids is 2. The van der Waals surface area contributed by atoms with Gasteiger partial charge in [-0.1, -0.05) is 12.2 Å². The maximum absolute atomic E-state index is 12.7. The number of amides is 2. The zero-order chi connectivity index (χ0) is 16.5. The number of benzene rings is 1. The molecule has 24 heavy (non-hydrogen) atoms. The van der Waals surface area contributed by atoms with E-state index in [4.69, 9.17) is 4.74 Å². The molecule has 2 bridgehead atoms. The van der Waals surface area contributed by atoms with Crippen LogP contribution >= 0.6 is 0 Å². The zero-order valence-electron chi connectivity index (χ0n) is 13.5. The Morgan fingerprint density at radius 2 is 2.17 bits per heavy atom. The summed E-state index contributed by atoms with van der Waals surface area (Å²) in [5.74, 6) is 1.64. The van der Waals surface area contributed by atoms with E-state index in [2.05, 4.69) is 22.8 Å². The van der Waals surface area contributed by atoms with Crippen molar-refractivity contribution in [1.29, 1.82) is 0 Å². The van der Waals surface area contributed by atoms with Crippen molar-refractivity contribution < 1.29 is 14.3 Å². The molecule has 1 aromatic carbocycles. The van der Waals surface area contributed by atoms with Crippen molar-refractivity contribution in [2.24, 2.45) is 23.2 Å². The van der Waals surface area contributed by atoms with Crippen LogP contribution in [0.25, 0.3) is 0 Å². The lowest BCUT2D eigenvalue weighted by molar-refractivity contribution is -0.122. The molecule has 2 saturated carbocycles. The van der Waals surface area contributed by atoms with Crippen LogP contribution < -0.4 is 15.4 Å². The molecular weight excluding hydrogens is 304 g/mol. The first kappa shape index (κ1) is 14.1. The minimum absolute atomic E-state index is 0.0735. The SMILES string of the molecule is C[C@H]1Oc2ccc(NC(=O)[C@@H]3C[C@H]4C=C[C@H]3C43CC3)cc2NC1=O. The fourth-order valence-corrected chi connectivity index (χ4v) is 4.79. The van der Waals surface area contributed by atoms with E-state index in [1.54, 1.807) is 19.1 Å². The van der Waals surface area contributed by atoms with Crippen LogP contribution in [0.15, 0.2) is 30.4 Å². The van der Waals surface area contributed by atoms with Crippen molar-refractivity contribution in [3.8, 4) is 5.75 Å². The van der Waals surface area contributed by atoms with Gasteiger partial charge in [-0.15, -0.1) is 0 Å². The Kier molecular flexibility index (Phi) is 2.71. The first-order chi connectivity index (χ1) is 11.6. The summed E-state index contributed by atoms with van der Waals surface area (Å²) in [6.45, 7) is 1.71. The number of anilines is 2. The standard InChI is InChI=1S/C19H20N2O3/c1-10-17(22)21-15-9-12(3-5-16(15)24-10)20-18(23)13-8-11-2-4-14(13)19(11)6-7-19/h2-5,9-11,13-14H,6-8H2,1H3,(H,20,23)(H,21,22)/t10-,11-,13-,14-/m1/s1. The third-order valence-corrected chi connectivity index (χ3v) is 6.24. The quantitative estimate of drug-likeness (QED) is 0.822. The lowest BCUT2D eigenvalue weighted by Gasteiger charge is -2.24. The number of hydrogen-bond acceptors (Lipinski definition) is 3. The number of fused-ring (bicyclic) bond motifs is 1. The summed E-state index contributed by atoms with van der Waals surface area (Å²) < 4.78 is 5.55. The number of ether oxygens (including phenoxy) is 1. The van der Waals surface area contributed by atoms with Gasteiger partial charge in [0, 0.05) is 11.6 Å². The first-order valence-corrected chi connectivity index (χ1v) is 8.68. The molecule has 5 heteroatoms. The third-order valence-electron chi connectivity index (χ3n) is 6.24. The van der Waals surface area contributed by atoms with Crippen molar-refractivity contribution in [3.63, 3.8) is 0 Å². The van der Waals surface area contributed by atoms with Gasteiger partial charge in [0.2, 0.25) is 5.91 Å². The fourth-order valence-electron chi connectivity index (χ4n) is 4.79. The minimum Gasteiger partial charge on any atom is -0.479 e. The molecule has 1 heterocycles. The summed E-state index contributed by atoms with van der Waals surface area (Å²) in [4.78, 5) is 24.5. The topological polar surface area (TPSA) is 67.4 Å². The van der Waals surface area contributed by atoms with E-state index in [1.807, 2.05) is 6.07 Å². The molecule has 1 aromatic rings. The van der Waals surface area contributed by atoms with Crippen molar-refractivity contribution >= 4 is 23.2 Å². The Balaban J connectivity index is 1.34. The zero-order valence-corrected chi connectivity index (χ0v) is 13.5. The Labute approximate surface area is 140 Å². The van der Waals surface area contributed by atoms with Gasteiger partial charge in [0.25, 0.3) is 5.91 Å². The molecule has 4 aliphatic rings. The monoisotopic (exact) mass is 324 g/mol. The van der Waals surface area contributed by atoms with Crippen LogP contribution in [0.4, 0.5) is 11.4 Å². The second kappa shape index (κ2) is 4.62. The van der Waals surface area contributed by atoms with E-state index in [9.17, 15) is 9.59 Å². The molecule has 2 amide bonds. The van der Waals surface area contributed by atoms with E-state index in [-0.39, 0.29) is 17.7 Å². The molecule has 0 unspecified atom stereocenters. The summed E-state index contributed by atoms with van der Waals surface area (Å²) in [7, 11) is 0. The molecule has 5 rings (SSSR count). The first-order valence-electron chi connectivity index (χ1n) is 8.68. The molecule has 1 spiro atoms. The van der Waals surface area contributed by atoms with Crippen LogP contribution in [0, 0.1) is 23.2 Å². The Hall–Kier alpha value is -2.30. The number of hydrogen-bond donors (Lipinski definition) is 2. The van der Waals surface area contributed by atoms with E-state index in [0.717, 1.165) is 6.42 Å². The predicted molar refractivity (Wildman–Crippen MR) is 89.7 cm³/mol. The van der Waals surface area contributed by atoms with Crippen molar-refractivity contribution in [3.05, 3.63) is 30.4 Å². The van der Waals surface area contributed by atoms with Crippen molar-refractivity contribution in [1.82, 2.24) is 0 Å². The van der Waals surface area contributed by atoms with E-state index >= 15 is 0 Å². The van der Waals surface area contributed by atoms with Gasteiger partial charge >= 0.3 is 0 Å². The number of nitrogens with one attached hydrogen (secondary N) is 2. The van der Waals surface area contributed by atoms with Crippen LogP contribution in [0.1, 0.15) is 26.2 Å². The predicted octanol–water partition coefficient (Wildman–Crippen LogP) is 2.95. The van der Waals surface area contributed by atoms with Crippen LogP contribution in [0.2, 0.25) is 0 Å². The summed E-state index contributed by atoms with van der Waals surface area (Å²) >= 11 is 0. The number of carbonyl (C=O) groups is 2. The molecule has 2 fully saturated rings. The molecule has 4 atom stereocenters. The highest BCUT2D eigenvalue weighted by Crippen LogP contribution is 2.70. The second-order valence-electron chi connectivity index (χ2n) is 7.54. The van der Waals surface area contributed by atoms with Gasteiger partial charge in [-0.3, -0.25) is 9.59 Å². The van der Waals surface area contributed by atoms with Crippen molar-refractivity contribution in [2.45, 2.75) is 32.3 Å². The Morgan fingerprint density at radius 3 is 2.92 bits per heavy atom. The summed E-state index contributed by atoms with van der Waals surface area (Å²) in [6, 6.07) is 5.40. The molecule has 3 aliphatic carbocycles. The van der Waals surface area contributed by atoms with Gasteiger partial charge in [-0.2, -0.15) is 0 Å². The molecule has 2 N–H and O–H groups in total. The van der Waals surface area contributed by atoms with Gasteiger partial charge in [-0.25, -0.2) is 0 Å². The molecule has 1 aliphatic heterocycles. The number of allylic oxidation sites excluding steroid dienone is 2. The fraction of sp³-hybridized carbons (Fsp3) is 0.474. The lowest BCUT2D eigenvalue weighted by atomic mass is 9.88. The van der Waals surface area contributed by atoms with Gasteiger partial charge in [-0.05, 0) is 61.6 Å². The molecule has 0 aromatic heterocycles. The molecule has 0 radical (unpaired) electrons. The maximum atomic E-state index is 12.7. The van der Waals surface area contributed by atoms with Gasteiger partial charge in [0.1, 0.15) is 5.75 Å². The highest BCUT2D eigenvalue weighted by Gasteiger charge is 2.64. The van der Waals surface area contributed by atoms with E-state index in [1.165, 1.54) is 12.8 Å². The Morgan fingerprint density at radius 1 is 1.33 bits per heavy atom. The van der Waals surface area contributed by atoms with E-state index < -0.39 is 6.10 Å². The normalized spacial score (nSPS) is 33.8. The third kappa shape index (κ3) is 1.87. The smallest absolute Gasteiger partial charge is 0.265 e. The highest BCUT2D eigenvalue weighted by atomic mass is 16.5. The van der Waals surface area contributed by atoms with Crippen LogP contribution in [0.5, 0.6) is 5.75 Å². The van der Waals surface area contributed by atoms with Crippen LogP contribution in [-0.4, -0.2) is 17.9 Å². The van der Waals surface area contributed by atoms with Gasteiger partial charge in [0.15, 0.2) is 6.10 Å². The van der Waals surface area contributed by atoms with E-state index in [0.29, 0.717) is 34.4 Å². The average molecular weight is 324 g/mol. The lowest BCUT2D eigenvalue weighted by Crippen LogP contribution is -2.34. The molecule has 124 valence electrons. The van der Waals surface area contributed by atoms with Crippen LogP contribution in [-0.2, 0) is 9.59 Å². The number of rotatable bonds is 2. The molecule has 5 nitrogen and oxygen atoms in total. The second-order valence-corrected chi connectivity index (χ2v) is 7.54. The minimum atomic E-state index is -0.492. The molecule has 0 saturated heterocycles. The average Bonchev–Trinajstić information content (AvgIpc) is 3.22.